The molecule has 0 aromatic heterocycles. The number of hydrogen-bond acceptors (Lipinski definition) is 3. The lowest BCUT2D eigenvalue weighted by atomic mass is 9.89. The van der Waals surface area contributed by atoms with Crippen molar-refractivity contribution in [2.45, 2.75) is 70.6 Å². The summed E-state index contributed by atoms with van der Waals surface area (Å²) in [5.74, 6) is 0. The Kier molecular flexibility index (Phi) is 5.05. The van der Waals surface area contributed by atoms with Crippen molar-refractivity contribution in [3.63, 3.8) is 0 Å². The Morgan fingerprint density at radius 1 is 1.28 bits per heavy atom. The van der Waals surface area contributed by atoms with Gasteiger partial charge in [0.1, 0.15) is 0 Å². The van der Waals surface area contributed by atoms with E-state index >= 15 is 0 Å². The van der Waals surface area contributed by atoms with Crippen molar-refractivity contribution in [2.75, 3.05) is 26.2 Å². The zero-order valence-corrected chi connectivity index (χ0v) is 12.4. The van der Waals surface area contributed by atoms with E-state index in [0.717, 1.165) is 13.0 Å². The first-order valence-corrected chi connectivity index (χ1v) is 7.77. The molecule has 0 spiro atoms. The van der Waals surface area contributed by atoms with Gasteiger partial charge >= 0.3 is 0 Å². The third kappa shape index (κ3) is 3.69. The molecule has 2 saturated heterocycles. The predicted molar refractivity (Wildman–Crippen MR) is 75.9 cm³/mol. The summed E-state index contributed by atoms with van der Waals surface area (Å²) in [6.45, 7) is 11.4. The molecule has 0 aromatic carbocycles. The van der Waals surface area contributed by atoms with Crippen LogP contribution in [0.4, 0.5) is 0 Å². The maximum atomic E-state index is 5.93. The summed E-state index contributed by atoms with van der Waals surface area (Å²) in [6, 6.07) is 1.36. The maximum Gasteiger partial charge on any atom is 0.0666 e. The molecule has 18 heavy (non-hydrogen) atoms. The van der Waals surface area contributed by atoms with E-state index in [1.54, 1.807) is 0 Å². The Balaban J connectivity index is 1.81. The van der Waals surface area contributed by atoms with E-state index < -0.39 is 0 Å². The molecule has 0 aliphatic carbocycles. The van der Waals surface area contributed by atoms with Crippen LogP contribution >= 0.6 is 0 Å². The maximum absolute atomic E-state index is 5.93. The van der Waals surface area contributed by atoms with Gasteiger partial charge in [0.2, 0.25) is 0 Å². The highest BCUT2D eigenvalue weighted by Gasteiger charge is 2.33. The molecule has 0 saturated carbocycles. The molecule has 2 rings (SSSR count). The molecule has 2 aliphatic heterocycles. The van der Waals surface area contributed by atoms with Crippen LogP contribution < -0.4 is 5.32 Å². The highest BCUT2D eigenvalue weighted by atomic mass is 16.5. The average Bonchev–Trinajstić information content (AvgIpc) is 2.39. The smallest absolute Gasteiger partial charge is 0.0666 e. The quantitative estimate of drug-likeness (QED) is 0.834. The van der Waals surface area contributed by atoms with Gasteiger partial charge in [-0.15, -0.1) is 0 Å². The first kappa shape index (κ1) is 14.3. The second kappa shape index (κ2) is 6.36. The number of nitrogens with zero attached hydrogens (tertiary/aromatic N) is 1. The summed E-state index contributed by atoms with van der Waals surface area (Å²) in [7, 11) is 0. The zero-order valence-electron chi connectivity index (χ0n) is 12.4. The van der Waals surface area contributed by atoms with E-state index in [-0.39, 0.29) is 5.60 Å². The van der Waals surface area contributed by atoms with Gasteiger partial charge in [-0.25, -0.2) is 0 Å². The van der Waals surface area contributed by atoms with E-state index in [9.17, 15) is 0 Å². The molecule has 3 atom stereocenters. The Bertz CT molecular complexity index is 259. The minimum Gasteiger partial charge on any atom is -0.375 e. The lowest BCUT2D eigenvalue weighted by Crippen LogP contribution is -2.53. The van der Waals surface area contributed by atoms with Crippen molar-refractivity contribution in [1.29, 1.82) is 0 Å². The van der Waals surface area contributed by atoms with Gasteiger partial charge in [-0.05, 0) is 52.1 Å². The van der Waals surface area contributed by atoms with Gasteiger partial charge in [0.05, 0.1) is 5.60 Å². The summed E-state index contributed by atoms with van der Waals surface area (Å²) in [5, 5.41) is 3.89. The molecule has 3 heteroatoms. The molecule has 3 nitrogen and oxygen atoms in total. The van der Waals surface area contributed by atoms with Crippen LogP contribution in [0.3, 0.4) is 0 Å². The normalized spacial score (nSPS) is 38.8. The third-order valence-corrected chi connectivity index (χ3v) is 4.77. The summed E-state index contributed by atoms with van der Waals surface area (Å²) in [4.78, 5) is 2.57. The predicted octanol–water partition coefficient (Wildman–Crippen LogP) is 2.41. The fourth-order valence-corrected chi connectivity index (χ4v) is 3.33. The van der Waals surface area contributed by atoms with Gasteiger partial charge in [-0.2, -0.15) is 0 Å². The van der Waals surface area contributed by atoms with E-state index in [0.29, 0.717) is 12.1 Å². The molecule has 2 fully saturated rings. The Labute approximate surface area is 112 Å². The number of nitrogens with one attached hydrogen (secondary N) is 1. The molecule has 2 heterocycles. The van der Waals surface area contributed by atoms with Gasteiger partial charge in [0.15, 0.2) is 0 Å². The van der Waals surface area contributed by atoms with E-state index in [2.05, 4.69) is 31.0 Å². The van der Waals surface area contributed by atoms with Crippen molar-refractivity contribution in [2.24, 2.45) is 0 Å². The van der Waals surface area contributed by atoms with Crippen LogP contribution in [-0.4, -0.2) is 48.8 Å². The van der Waals surface area contributed by atoms with Crippen LogP contribution in [0, 0.1) is 0 Å². The molecular formula is C15H30N2O. The topological polar surface area (TPSA) is 24.5 Å². The molecule has 0 bridgehead atoms. The third-order valence-electron chi connectivity index (χ3n) is 4.77. The van der Waals surface area contributed by atoms with Gasteiger partial charge in [0, 0.05) is 25.2 Å². The molecule has 2 aliphatic rings. The number of likely N-dealkylation sites (tertiary alicyclic amines) is 1. The molecule has 106 valence electrons. The largest absolute Gasteiger partial charge is 0.375 e. The second-order valence-electron chi connectivity index (χ2n) is 6.24. The molecular weight excluding hydrogens is 224 g/mol. The van der Waals surface area contributed by atoms with E-state index in [1.807, 2.05) is 0 Å². The SMILES string of the molecule is CCN1CCCC(NC2CCOC(C)(CC)C2)C1. The molecule has 3 unspecified atom stereocenters. The molecule has 1 N–H and O–H groups in total. The van der Waals surface area contributed by atoms with Crippen molar-refractivity contribution >= 4 is 0 Å². The second-order valence-corrected chi connectivity index (χ2v) is 6.24. The minimum absolute atomic E-state index is 0.106. The highest BCUT2D eigenvalue weighted by Crippen LogP contribution is 2.28. The fourth-order valence-electron chi connectivity index (χ4n) is 3.33. The van der Waals surface area contributed by atoms with E-state index in [1.165, 1.54) is 45.3 Å². The van der Waals surface area contributed by atoms with E-state index in [4.69, 9.17) is 4.74 Å². The van der Waals surface area contributed by atoms with Crippen molar-refractivity contribution in [3.8, 4) is 0 Å². The van der Waals surface area contributed by atoms with Crippen LogP contribution in [0.5, 0.6) is 0 Å². The van der Waals surface area contributed by atoms with Crippen LogP contribution in [0.15, 0.2) is 0 Å². The molecule has 0 amide bonds. The highest BCUT2D eigenvalue weighted by molar-refractivity contribution is 4.89. The first-order valence-electron chi connectivity index (χ1n) is 7.77. The summed E-state index contributed by atoms with van der Waals surface area (Å²) >= 11 is 0. The summed E-state index contributed by atoms with van der Waals surface area (Å²) in [5.41, 5.74) is 0.106. The number of piperidine rings is 1. The first-order chi connectivity index (χ1) is 8.65. The molecule has 0 aromatic rings. The average molecular weight is 254 g/mol. The van der Waals surface area contributed by atoms with Crippen LogP contribution in [0.1, 0.15) is 52.9 Å². The number of likely N-dealkylation sites (N-methyl/N-ethyl adjacent to an activating group) is 1. The lowest BCUT2D eigenvalue weighted by molar-refractivity contribution is -0.0798. The Morgan fingerprint density at radius 2 is 2.11 bits per heavy atom. The van der Waals surface area contributed by atoms with Crippen molar-refractivity contribution < 1.29 is 4.74 Å². The number of rotatable bonds is 4. The van der Waals surface area contributed by atoms with Crippen molar-refractivity contribution in [3.05, 3.63) is 0 Å². The van der Waals surface area contributed by atoms with Crippen LogP contribution in [-0.2, 0) is 4.74 Å². The lowest BCUT2D eigenvalue weighted by Gasteiger charge is -2.41. The number of ether oxygens (including phenoxy) is 1. The zero-order chi connectivity index (χ0) is 13.0. The summed E-state index contributed by atoms with van der Waals surface area (Å²) in [6.07, 6.45) is 6.16. The van der Waals surface area contributed by atoms with Crippen molar-refractivity contribution in [1.82, 2.24) is 10.2 Å². The van der Waals surface area contributed by atoms with Gasteiger partial charge in [-0.1, -0.05) is 13.8 Å². The van der Waals surface area contributed by atoms with Crippen LogP contribution in [0.25, 0.3) is 0 Å². The Morgan fingerprint density at radius 3 is 2.83 bits per heavy atom. The summed E-state index contributed by atoms with van der Waals surface area (Å²) < 4.78 is 5.93. The fraction of sp³-hybridized carbons (Fsp3) is 1.00. The molecule has 0 radical (unpaired) electrons. The minimum atomic E-state index is 0.106. The van der Waals surface area contributed by atoms with Gasteiger partial charge in [-0.3, -0.25) is 0 Å². The number of hydrogen-bond donors (Lipinski definition) is 1. The van der Waals surface area contributed by atoms with Crippen LogP contribution in [0.2, 0.25) is 0 Å². The monoisotopic (exact) mass is 254 g/mol. The Hall–Kier alpha value is -0.120. The standard InChI is InChI=1S/C15H30N2O/c1-4-15(3)11-13(8-10-18-15)16-14-7-6-9-17(5-2)12-14/h13-14,16H,4-12H2,1-3H3. The van der Waals surface area contributed by atoms with Gasteiger partial charge < -0.3 is 15.0 Å². The van der Waals surface area contributed by atoms with Gasteiger partial charge in [0.25, 0.3) is 0 Å².